The number of ether oxygens (including phenoxy) is 2. The molecule has 3 heterocycles. The third-order valence-corrected chi connectivity index (χ3v) is 4.77. The molecule has 0 aliphatic carbocycles. The Morgan fingerprint density at radius 2 is 1.81 bits per heavy atom. The van der Waals surface area contributed by atoms with Crippen molar-refractivity contribution in [2.75, 3.05) is 13.1 Å². The standard InChI is InChI=1S/C19H29N3O4/c1-17(2,3)22-12-14-15(20-22)13(23)11-19(25-14)7-9-21(10-8-19)16(24)26-18(4,5)6/h12H,7-11H2,1-6H3. The zero-order valence-electron chi connectivity index (χ0n) is 16.6. The van der Waals surface area contributed by atoms with Gasteiger partial charge in [-0.25, -0.2) is 4.79 Å². The summed E-state index contributed by atoms with van der Waals surface area (Å²) >= 11 is 0. The van der Waals surface area contributed by atoms with E-state index in [-0.39, 0.29) is 17.4 Å². The van der Waals surface area contributed by atoms with E-state index in [0.29, 0.717) is 43.8 Å². The van der Waals surface area contributed by atoms with Gasteiger partial charge in [-0.05, 0) is 41.5 Å². The maximum Gasteiger partial charge on any atom is 0.410 e. The molecule has 26 heavy (non-hydrogen) atoms. The van der Waals surface area contributed by atoms with Crippen LogP contribution in [0.3, 0.4) is 0 Å². The average molecular weight is 363 g/mol. The second-order valence-electron chi connectivity index (χ2n) is 9.31. The van der Waals surface area contributed by atoms with E-state index in [9.17, 15) is 9.59 Å². The molecular weight excluding hydrogens is 334 g/mol. The molecular formula is C19H29N3O4. The first-order valence-corrected chi connectivity index (χ1v) is 9.19. The number of hydrogen-bond donors (Lipinski definition) is 0. The second kappa shape index (κ2) is 5.99. The van der Waals surface area contributed by atoms with Crippen LogP contribution in [0.25, 0.3) is 0 Å². The maximum absolute atomic E-state index is 12.6. The summed E-state index contributed by atoms with van der Waals surface area (Å²) in [6.07, 6.45) is 3.03. The Bertz CT molecular complexity index is 716. The van der Waals surface area contributed by atoms with E-state index in [1.807, 2.05) is 47.7 Å². The lowest BCUT2D eigenvalue weighted by Crippen LogP contribution is -2.52. The summed E-state index contributed by atoms with van der Waals surface area (Å²) in [6.45, 7) is 12.7. The minimum absolute atomic E-state index is 0.0139. The molecule has 0 atom stereocenters. The fourth-order valence-electron chi connectivity index (χ4n) is 3.32. The summed E-state index contributed by atoms with van der Waals surface area (Å²) in [5, 5.41) is 4.42. The first kappa shape index (κ1) is 18.7. The SMILES string of the molecule is CC(C)(C)OC(=O)N1CCC2(CC1)CC(=O)c1nn(C(C)(C)C)cc1O2. The monoisotopic (exact) mass is 363 g/mol. The van der Waals surface area contributed by atoms with Crippen molar-refractivity contribution in [3.8, 4) is 5.75 Å². The van der Waals surface area contributed by atoms with Gasteiger partial charge < -0.3 is 14.4 Å². The molecule has 1 spiro atoms. The minimum atomic E-state index is -0.547. The fourth-order valence-corrected chi connectivity index (χ4v) is 3.32. The van der Waals surface area contributed by atoms with E-state index in [1.54, 1.807) is 9.58 Å². The van der Waals surface area contributed by atoms with Crippen molar-refractivity contribution in [2.45, 2.75) is 77.5 Å². The lowest BCUT2D eigenvalue weighted by atomic mass is 9.84. The number of piperidine rings is 1. The van der Waals surface area contributed by atoms with Crippen molar-refractivity contribution in [3.05, 3.63) is 11.9 Å². The molecule has 144 valence electrons. The number of amides is 1. The highest BCUT2D eigenvalue weighted by Crippen LogP contribution is 2.39. The summed E-state index contributed by atoms with van der Waals surface area (Å²) in [6, 6.07) is 0. The van der Waals surface area contributed by atoms with Crippen molar-refractivity contribution < 1.29 is 19.1 Å². The molecule has 0 radical (unpaired) electrons. The third-order valence-electron chi connectivity index (χ3n) is 4.77. The molecule has 2 aliphatic rings. The molecule has 3 rings (SSSR count). The Morgan fingerprint density at radius 1 is 1.19 bits per heavy atom. The number of Topliss-reactive ketones (excluding diaryl/α,β-unsaturated/α-hetero) is 1. The number of fused-ring (bicyclic) bond motifs is 1. The molecule has 0 bridgehead atoms. The van der Waals surface area contributed by atoms with Crippen molar-refractivity contribution in [1.29, 1.82) is 0 Å². The van der Waals surface area contributed by atoms with Crippen LogP contribution in [0.4, 0.5) is 4.79 Å². The molecule has 0 saturated carbocycles. The first-order chi connectivity index (χ1) is 11.9. The van der Waals surface area contributed by atoms with Crippen LogP contribution in [0.5, 0.6) is 5.75 Å². The van der Waals surface area contributed by atoms with Crippen LogP contribution in [-0.2, 0) is 10.3 Å². The van der Waals surface area contributed by atoms with E-state index in [4.69, 9.17) is 9.47 Å². The number of likely N-dealkylation sites (tertiary alicyclic amines) is 1. The molecule has 0 aromatic carbocycles. The number of nitrogens with zero attached hydrogens (tertiary/aromatic N) is 3. The summed E-state index contributed by atoms with van der Waals surface area (Å²) in [5.74, 6) is 0.571. The van der Waals surface area contributed by atoms with E-state index in [2.05, 4.69) is 5.10 Å². The Morgan fingerprint density at radius 3 is 2.35 bits per heavy atom. The first-order valence-electron chi connectivity index (χ1n) is 9.19. The van der Waals surface area contributed by atoms with Gasteiger partial charge in [-0.1, -0.05) is 0 Å². The van der Waals surface area contributed by atoms with Gasteiger partial charge in [0.05, 0.1) is 18.2 Å². The smallest absolute Gasteiger partial charge is 0.410 e. The van der Waals surface area contributed by atoms with Crippen molar-refractivity contribution in [1.82, 2.24) is 14.7 Å². The van der Waals surface area contributed by atoms with Gasteiger partial charge in [0.15, 0.2) is 17.2 Å². The van der Waals surface area contributed by atoms with Crippen molar-refractivity contribution in [2.24, 2.45) is 0 Å². The highest BCUT2D eigenvalue weighted by Gasteiger charge is 2.45. The zero-order valence-corrected chi connectivity index (χ0v) is 16.6. The largest absolute Gasteiger partial charge is 0.483 e. The highest BCUT2D eigenvalue weighted by molar-refractivity contribution is 5.98. The normalized spacial score (nSPS) is 19.9. The molecule has 0 N–H and O–H groups in total. The Kier molecular flexibility index (Phi) is 4.32. The van der Waals surface area contributed by atoms with Gasteiger partial charge in [0.2, 0.25) is 0 Å². The molecule has 1 aromatic heterocycles. The van der Waals surface area contributed by atoms with Crippen LogP contribution < -0.4 is 4.74 Å². The summed E-state index contributed by atoms with van der Waals surface area (Å²) in [5.41, 5.74) is -0.858. The zero-order chi connectivity index (χ0) is 19.3. The van der Waals surface area contributed by atoms with Gasteiger partial charge in [-0.3, -0.25) is 9.48 Å². The van der Waals surface area contributed by atoms with Crippen molar-refractivity contribution >= 4 is 11.9 Å². The summed E-state index contributed by atoms with van der Waals surface area (Å²) < 4.78 is 13.5. The summed E-state index contributed by atoms with van der Waals surface area (Å²) in [7, 11) is 0. The van der Waals surface area contributed by atoms with Crippen LogP contribution in [0.2, 0.25) is 0 Å². The number of carbonyl (C=O) groups is 2. The Balaban J connectivity index is 1.71. The lowest BCUT2D eigenvalue weighted by molar-refractivity contribution is -0.0227. The van der Waals surface area contributed by atoms with Crippen LogP contribution in [0.1, 0.15) is 71.3 Å². The van der Waals surface area contributed by atoms with Crippen LogP contribution in [0, 0.1) is 0 Å². The molecule has 7 heteroatoms. The van der Waals surface area contributed by atoms with E-state index in [1.165, 1.54) is 0 Å². The molecule has 1 fully saturated rings. The molecule has 2 aliphatic heterocycles. The quantitative estimate of drug-likeness (QED) is 0.706. The molecule has 1 aromatic rings. The maximum atomic E-state index is 12.6. The number of hydrogen-bond acceptors (Lipinski definition) is 5. The van der Waals surface area contributed by atoms with Crippen LogP contribution in [-0.4, -0.2) is 50.8 Å². The number of carbonyl (C=O) groups excluding carboxylic acids is 2. The van der Waals surface area contributed by atoms with E-state index >= 15 is 0 Å². The predicted molar refractivity (Wildman–Crippen MR) is 96.6 cm³/mol. The molecule has 0 unspecified atom stereocenters. The van der Waals surface area contributed by atoms with Gasteiger partial charge in [0, 0.05) is 25.9 Å². The fraction of sp³-hybridized carbons (Fsp3) is 0.737. The predicted octanol–water partition coefficient (Wildman–Crippen LogP) is 3.37. The minimum Gasteiger partial charge on any atom is -0.483 e. The van der Waals surface area contributed by atoms with Gasteiger partial charge >= 0.3 is 6.09 Å². The second-order valence-corrected chi connectivity index (χ2v) is 9.31. The molecule has 1 saturated heterocycles. The topological polar surface area (TPSA) is 73.7 Å². The number of aromatic nitrogens is 2. The molecule has 1 amide bonds. The summed E-state index contributed by atoms with van der Waals surface area (Å²) in [4.78, 5) is 26.6. The van der Waals surface area contributed by atoms with Gasteiger partial charge in [-0.2, -0.15) is 5.10 Å². The van der Waals surface area contributed by atoms with Crippen LogP contribution in [0.15, 0.2) is 6.20 Å². The number of rotatable bonds is 0. The van der Waals surface area contributed by atoms with Gasteiger partial charge in [0.25, 0.3) is 0 Å². The Labute approximate surface area is 154 Å². The third kappa shape index (κ3) is 3.71. The van der Waals surface area contributed by atoms with E-state index in [0.717, 1.165) is 0 Å². The van der Waals surface area contributed by atoms with Crippen molar-refractivity contribution in [3.63, 3.8) is 0 Å². The molecule has 7 nitrogen and oxygen atoms in total. The average Bonchev–Trinajstić information content (AvgIpc) is 2.90. The Hall–Kier alpha value is -2.05. The number of ketones is 1. The van der Waals surface area contributed by atoms with E-state index < -0.39 is 11.2 Å². The van der Waals surface area contributed by atoms with Crippen LogP contribution >= 0.6 is 0 Å². The highest BCUT2D eigenvalue weighted by atomic mass is 16.6. The van der Waals surface area contributed by atoms with Gasteiger partial charge in [-0.15, -0.1) is 0 Å². The lowest BCUT2D eigenvalue weighted by Gasteiger charge is -2.43. The van der Waals surface area contributed by atoms with Gasteiger partial charge in [0.1, 0.15) is 11.2 Å².